The predicted molar refractivity (Wildman–Crippen MR) is 80.0 cm³/mol. The van der Waals surface area contributed by atoms with Gasteiger partial charge in [-0.05, 0) is 64.2 Å². The molecule has 5 heteroatoms. The minimum absolute atomic E-state index is 0.0728. The molecule has 0 aliphatic carbocycles. The van der Waals surface area contributed by atoms with Crippen LogP contribution < -0.4 is 5.56 Å². The van der Waals surface area contributed by atoms with Gasteiger partial charge in [-0.15, -0.1) is 0 Å². The van der Waals surface area contributed by atoms with Crippen molar-refractivity contribution in [1.29, 1.82) is 0 Å². The van der Waals surface area contributed by atoms with Crippen LogP contribution in [-0.2, 0) is 0 Å². The maximum Gasteiger partial charge on any atom is 0.286 e. The summed E-state index contributed by atoms with van der Waals surface area (Å²) in [7, 11) is 0. The van der Waals surface area contributed by atoms with Crippen molar-refractivity contribution in [3.63, 3.8) is 0 Å². The van der Waals surface area contributed by atoms with Crippen molar-refractivity contribution in [2.24, 2.45) is 0 Å². The van der Waals surface area contributed by atoms with Crippen LogP contribution in [0.1, 0.15) is 5.56 Å². The van der Waals surface area contributed by atoms with Gasteiger partial charge in [-0.25, -0.2) is 0 Å². The van der Waals surface area contributed by atoms with Crippen molar-refractivity contribution in [3.8, 4) is 5.69 Å². The van der Waals surface area contributed by atoms with Gasteiger partial charge >= 0.3 is 0 Å². The van der Waals surface area contributed by atoms with Gasteiger partial charge in [0.1, 0.15) is 0 Å². The first-order chi connectivity index (χ1) is 7.59. The minimum Gasteiger partial charge on any atom is -0.266 e. The number of aromatic nitrogens is 2. The lowest BCUT2D eigenvalue weighted by atomic mass is 10.2. The summed E-state index contributed by atoms with van der Waals surface area (Å²) in [4.78, 5) is 12.0. The van der Waals surface area contributed by atoms with Gasteiger partial charge in [0.25, 0.3) is 5.56 Å². The Hall–Kier alpha value is -0.440. The van der Waals surface area contributed by atoms with Crippen molar-refractivity contribution < 1.29 is 0 Å². The molecule has 0 radical (unpaired) electrons. The largest absolute Gasteiger partial charge is 0.286 e. The second-order valence-corrected chi connectivity index (χ2v) is 5.60. The van der Waals surface area contributed by atoms with E-state index in [1.165, 1.54) is 4.68 Å². The summed E-state index contributed by atoms with van der Waals surface area (Å²) < 4.78 is 3.00. The first kappa shape index (κ1) is 12.0. The molecule has 16 heavy (non-hydrogen) atoms. The zero-order valence-electron chi connectivity index (χ0n) is 8.45. The Bertz CT molecular complexity index is 576. The zero-order chi connectivity index (χ0) is 11.7. The van der Waals surface area contributed by atoms with Gasteiger partial charge in [-0.1, -0.05) is 17.7 Å². The summed E-state index contributed by atoms with van der Waals surface area (Å²) in [6.45, 7) is 2.01. The number of aryl methyl sites for hydroxylation is 1. The molecular formula is C11H8I2N2O. The Morgan fingerprint density at radius 2 is 1.81 bits per heavy atom. The Morgan fingerprint density at radius 1 is 1.19 bits per heavy atom. The van der Waals surface area contributed by atoms with E-state index in [1.807, 2.05) is 53.8 Å². The van der Waals surface area contributed by atoms with Crippen molar-refractivity contribution in [2.75, 3.05) is 0 Å². The van der Waals surface area contributed by atoms with E-state index in [0.717, 1.165) is 14.8 Å². The Morgan fingerprint density at radius 3 is 2.44 bits per heavy atom. The molecule has 0 fully saturated rings. The molecule has 2 rings (SSSR count). The maximum absolute atomic E-state index is 12.0. The molecule has 0 aliphatic heterocycles. The maximum atomic E-state index is 12.0. The number of hydrogen-bond acceptors (Lipinski definition) is 2. The minimum atomic E-state index is -0.0728. The molecule has 0 saturated heterocycles. The Balaban J connectivity index is 2.61. The lowest BCUT2D eigenvalue weighted by molar-refractivity contribution is 0.794. The summed E-state index contributed by atoms with van der Waals surface area (Å²) in [6.07, 6.45) is 1.70. The average molecular weight is 438 g/mol. The zero-order valence-corrected chi connectivity index (χ0v) is 12.8. The first-order valence-electron chi connectivity index (χ1n) is 4.60. The van der Waals surface area contributed by atoms with Crippen LogP contribution in [0, 0.1) is 14.1 Å². The molecule has 0 atom stereocenters. The third kappa shape index (κ3) is 2.29. The summed E-state index contributed by atoms with van der Waals surface area (Å²) in [5.41, 5.74) is 1.89. The van der Waals surface area contributed by atoms with E-state index in [2.05, 4.69) is 27.7 Å². The highest BCUT2D eigenvalue weighted by Gasteiger charge is 2.07. The molecule has 0 amide bonds. The van der Waals surface area contributed by atoms with Crippen molar-refractivity contribution in [3.05, 3.63) is 53.5 Å². The van der Waals surface area contributed by atoms with Gasteiger partial charge in [0.15, 0.2) is 0 Å². The lowest BCUT2D eigenvalue weighted by Gasteiger charge is -2.05. The van der Waals surface area contributed by atoms with Crippen LogP contribution in [-0.4, -0.2) is 9.78 Å². The van der Waals surface area contributed by atoms with E-state index in [-0.39, 0.29) is 5.56 Å². The normalized spacial score (nSPS) is 10.4. The van der Waals surface area contributed by atoms with Crippen LogP contribution in [0.3, 0.4) is 0 Å². The molecule has 0 spiro atoms. The lowest BCUT2D eigenvalue weighted by Crippen LogP contribution is -2.24. The van der Waals surface area contributed by atoms with Gasteiger partial charge in [-0.2, -0.15) is 9.78 Å². The highest BCUT2D eigenvalue weighted by Crippen LogP contribution is 2.11. The number of benzene rings is 1. The molecule has 82 valence electrons. The van der Waals surface area contributed by atoms with Crippen LogP contribution in [0.15, 0.2) is 35.3 Å². The molecule has 1 aromatic heterocycles. The number of hydrogen-bond donors (Lipinski definition) is 0. The topological polar surface area (TPSA) is 34.9 Å². The van der Waals surface area contributed by atoms with Gasteiger partial charge in [0, 0.05) is 0 Å². The smallest absolute Gasteiger partial charge is 0.266 e. The molecule has 3 nitrogen and oxygen atoms in total. The fourth-order valence-electron chi connectivity index (χ4n) is 1.28. The standard InChI is InChI=1S/C11H8I2N2O/c1-7-2-4-8(5-3-7)15-11(16)10(13)9(12)6-14-15/h2-6H,1H3. The molecule has 0 aliphatic rings. The van der Waals surface area contributed by atoms with Crippen LogP contribution in [0.2, 0.25) is 0 Å². The van der Waals surface area contributed by atoms with Gasteiger partial charge in [0.05, 0.1) is 19.0 Å². The van der Waals surface area contributed by atoms with Crippen molar-refractivity contribution in [1.82, 2.24) is 9.78 Å². The van der Waals surface area contributed by atoms with Crippen LogP contribution in [0.25, 0.3) is 5.69 Å². The predicted octanol–water partition coefficient (Wildman–Crippen LogP) is 2.75. The van der Waals surface area contributed by atoms with E-state index in [4.69, 9.17) is 0 Å². The second-order valence-electron chi connectivity index (χ2n) is 3.36. The summed E-state index contributed by atoms with van der Waals surface area (Å²) in [5, 5.41) is 4.13. The van der Waals surface area contributed by atoms with Gasteiger partial charge in [-0.3, -0.25) is 4.79 Å². The summed E-state index contributed by atoms with van der Waals surface area (Å²) in [6, 6.07) is 7.72. The molecule has 1 aromatic carbocycles. The molecule has 0 saturated carbocycles. The average Bonchev–Trinajstić information content (AvgIpc) is 2.28. The second kappa shape index (κ2) is 4.82. The van der Waals surface area contributed by atoms with Gasteiger partial charge < -0.3 is 0 Å². The number of halogens is 2. The first-order valence-corrected chi connectivity index (χ1v) is 6.76. The number of rotatable bonds is 1. The molecular weight excluding hydrogens is 430 g/mol. The quantitative estimate of drug-likeness (QED) is 0.643. The highest BCUT2D eigenvalue weighted by atomic mass is 127. The summed E-state index contributed by atoms with van der Waals surface area (Å²) in [5.74, 6) is 0. The third-order valence-electron chi connectivity index (χ3n) is 2.15. The van der Waals surface area contributed by atoms with Crippen LogP contribution >= 0.6 is 45.2 Å². The van der Waals surface area contributed by atoms with E-state index >= 15 is 0 Å². The molecule has 0 bridgehead atoms. The molecule has 0 unspecified atom stereocenters. The van der Waals surface area contributed by atoms with E-state index in [0.29, 0.717) is 3.57 Å². The molecule has 1 heterocycles. The third-order valence-corrected chi connectivity index (χ3v) is 5.05. The van der Waals surface area contributed by atoms with E-state index in [9.17, 15) is 4.79 Å². The monoisotopic (exact) mass is 438 g/mol. The van der Waals surface area contributed by atoms with Gasteiger partial charge in [0.2, 0.25) is 0 Å². The van der Waals surface area contributed by atoms with E-state index in [1.54, 1.807) is 6.20 Å². The van der Waals surface area contributed by atoms with Crippen LogP contribution in [0.4, 0.5) is 0 Å². The van der Waals surface area contributed by atoms with Crippen LogP contribution in [0.5, 0.6) is 0 Å². The SMILES string of the molecule is Cc1ccc(-n2ncc(I)c(I)c2=O)cc1. The Kier molecular flexibility index (Phi) is 3.63. The van der Waals surface area contributed by atoms with E-state index < -0.39 is 0 Å². The Labute approximate surface area is 120 Å². The molecule has 2 aromatic rings. The summed E-state index contributed by atoms with van der Waals surface area (Å²) >= 11 is 4.16. The fraction of sp³-hybridized carbons (Fsp3) is 0.0909. The molecule has 0 N–H and O–H groups in total. The highest BCUT2D eigenvalue weighted by molar-refractivity contribution is 14.1. The fourth-order valence-corrected chi connectivity index (χ4v) is 2.01. The van der Waals surface area contributed by atoms with Crippen molar-refractivity contribution >= 4 is 45.2 Å². The van der Waals surface area contributed by atoms with Crippen molar-refractivity contribution in [2.45, 2.75) is 6.92 Å². The number of nitrogens with zero attached hydrogens (tertiary/aromatic N) is 2.